The van der Waals surface area contributed by atoms with Crippen LogP contribution < -0.4 is 11.5 Å². The molecular weight excluding hydrogens is 236 g/mol. The van der Waals surface area contributed by atoms with Gasteiger partial charge in [-0.15, -0.1) is 0 Å². The number of nitrogens with two attached hydrogens (primary N) is 2. The zero-order chi connectivity index (χ0) is 12.7. The van der Waals surface area contributed by atoms with Gasteiger partial charge < -0.3 is 35.4 Å². The number of amides is 2. The molecule has 84 valence electrons. The van der Waals surface area contributed by atoms with Crippen LogP contribution in [-0.4, -0.2) is 50.3 Å². The SMILES string of the molecule is C=O.NC(N)=O.O=[Si](O)O.O=[Si](O)O. The second-order valence-electron chi connectivity index (χ2n) is 0.968. The lowest BCUT2D eigenvalue weighted by molar-refractivity contribution is -0.0980. The lowest BCUT2D eigenvalue weighted by Crippen LogP contribution is -2.18. The Morgan fingerprint density at radius 3 is 0.929 bits per heavy atom. The molecule has 0 saturated carbocycles. The van der Waals surface area contributed by atoms with Crippen LogP contribution in [0.3, 0.4) is 0 Å². The van der Waals surface area contributed by atoms with Gasteiger partial charge in [0.05, 0.1) is 0 Å². The van der Waals surface area contributed by atoms with Gasteiger partial charge in [0.1, 0.15) is 6.79 Å². The van der Waals surface area contributed by atoms with Gasteiger partial charge in [-0.1, -0.05) is 0 Å². The summed E-state index contributed by atoms with van der Waals surface area (Å²) in [5, 5.41) is 0. The summed E-state index contributed by atoms with van der Waals surface area (Å²) >= 11 is 0. The molecule has 0 spiro atoms. The minimum Gasteiger partial charge on any atom is -0.511 e. The van der Waals surface area contributed by atoms with Crippen LogP contribution in [0, 0.1) is 0 Å². The van der Waals surface area contributed by atoms with Crippen molar-refractivity contribution in [2.24, 2.45) is 11.5 Å². The van der Waals surface area contributed by atoms with Crippen molar-refractivity contribution in [3.05, 3.63) is 0 Å². The van der Waals surface area contributed by atoms with E-state index in [0.29, 0.717) is 0 Å². The molecule has 14 heavy (non-hydrogen) atoms. The molecule has 0 unspecified atom stereocenters. The molecule has 12 heteroatoms. The second-order valence-corrected chi connectivity index (χ2v) is 2.10. The van der Waals surface area contributed by atoms with Gasteiger partial charge in [0.25, 0.3) is 0 Å². The van der Waals surface area contributed by atoms with E-state index < -0.39 is 24.4 Å². The Balaban J connectivity index is -0.0000000492. The molecule has 0 bridgehead atoms. The Hall–Kier alpha value is -1.83. The summed E-state index contributed by atoms with van der Waals surface area (Å²) in [6.45, 7) is 2.00. The van der Waals surface area contributed by atoms with Crippen LogP contribution in [0.5, 0.6) is 0 Å². The van der Waals surface area contributed by atoms with Crippen molar-refractivity contribution in [3.63, 3.8) is 0 Å². The average Bonchev–Trinajstić information content (AvgIpc) is 1.86. The quantitative estimate of drug-likeness (QED) is 0.230. The summed E-state index contributed by atoms with van der Waals surface area (Å²) in [6.07, 6.45) is 0. The first kappa shape index (κ1) is 22.7. The van der Waals surface area contributed by atoms with Gasteiger partial charge in [-0.25, -0.2) is 4.79 Å². The number of rotatable bonds is 0. The van der Waals surface area contributed by atoms with Gasteiger partial charge in [-0.3, -0.25) is 8.92 Å². The summed E-state index contributed by atoms with van der Waals surface area (Å²) < 4.78 is 17.5. The molecule has 0 rings (SSSR count). The molecule has 0 saturated heterocycles. The normalized spacial score (nSPS) is 5.43. The molecule has 2 amide bonds. The molecule has 0 aromatic heterocycles. The summed E-state index contributed by atoms with van der Waals surface area (Å²) in [5.74, 6) is 0. The third-order valence-corrected chi connectivity index (χ3v) is 0. The Morgan fingerprint density at radius 2 is 0.929 bits per heavy atom. The highest BCUT2D eigenvalue weighted by Gasteiger charge is 1.85. The zero-order valence-electron chi connectivity index (χ0n) is 6.78. The predicted octanol–water partition coefficient (Wildman–Crippen LogP) is -4.39. The van der Waals surface area contributed by atoms with Crippen molar-refractivity contribution in [2.75, 3.05) is 0 Å². The van der Waals surface area contributed by atoms with Gasteiger partial charge in [-0.05, 0) is 0 Å². The maximum absolute atomic E-state index is 9.00. The zero-order valence-corrected chi connectivity index (χ0v) is 8.78. The minimum absolute atomic E-state index is 0.833. The fraction of sp³-hybridized carbons (Fsp3) is 0. The summed E-state index contributed by atoms with van der Waals surface area (Å²) in [5.41, 5.74) is 8.50. The van der Waals surface area contributed by atoms with E-state index in [1.54, 1.807) is 0 Å². The highest BCUT2D eigenvalue weighted by Crippen LogP contribution is 1.27. The fourth-order valence-corrected chi connectivity index (χ4v) is 0. The number of carbonyl (C=O) groups excluding carboxylic acids is 2. The number of urea groups is 1. The topological polar surface area (TPSA) is 201 Å². The first-order chi connectivity index (χ1) is 6.20. The minimum atomic E-state index is -3.13. The van der Waals surface area contributed by atoms with Crippen LogP contribution in [0.25, 0.3) is 0 Å². The maximum atomic E-state index is 9.00. The van der Waals surface area contributed by atoms with Crippen LogP contribution in [0.4, 0.5) is 4.79 Å². The van der Waals surface area contributed by atoms with E-state index in [-0.39, 0.29) is 0 Å². The van der Waals surface area contributed by atoms with Crippen molar-refractivity contribution in [1.82, 2.24) is 0 Å². The van der Waals surface area contributed by atoms with Crippen molar-refractivity contribution in [1.29, 1.82) is 0 Å². The summed E-state index contributed by atoms with van der Waals surface area (Å²) in [7, 11) is -6.26. The maximum Gasteiger partial charge on any atom is 0.761 e. The van der Waals surface area contributed by atoms with Crippen LogP contribution >= 0.6 is 0 Å². The lowest BCUT2D eigenvalue weighted by atomic mass is 11.2. The van der Waals surface area contributed by atoms with E-state index in [1.165, 1.54) is 0 Å². The van der Waals surface area contributed by atoms with Crippen LogP contribution in [0.15, 0.2) is 0 Å². The number of carbonyl (C=O) groups is 2. The first-order valence-electron chi connectivity index (χ1n) is 2.37. The molecule has 10 nitrogen and oxygen atoms in total. The van der Waals surface area contributed by atoms with Crippen LogP contribution in [0.1, 0.15) is 0 Å². The Kier molecular flexibility index (Phi) is 36.5. The van der Waals surface area contributed by atoms with Gasteiger partial charge in [-0.2, -0.15) is 0 Å². The Labute approximate surface area is 81.2 Å². The second kappa shape index (κ2) is 22.5. The molecule has 0 radical (unpaired) electrons. The molecule has 0 aromatic carbocycles. The highest BCUT2D eigenvalue weighted by molar-refractivity contribution is 6.22. The molecule has 0 atom stereocenters. The lowest BCUT2D eigenvalue weighted by Gasteiger charge is -1.62. The van der Waals surface area contributed by atoms with Gasteiger partial charge >= 0.3 is 24.4 Å². The highest BCUT2D eigenvalue weighted by atomic mass is 28.3. The molecule has 0 fully saturated rings. The van der Waals surface area contributed by atoms with Crippen molar-refractivity contribution >= 4 is 31.2 Å². The molecule has 0 aromatic rings. The van der Waals surface area contributed by atoms with Crippen molar-refractivity contribution in [3.8, 4) is 0 Å². The summed E-state index contributed by atoms with van der Waals surface area (Å²) in [6, 6.07) is -0.833. The summed E-state index contributed by atoms with van der Waals surface area (Å²) in [4.78, 5) is 45.6. The van der Waals surface area contributed by atoms with Crippen LogP contribution in [-0.2, 0) is 13.7 Å². The third kappa shape index (κ3) is 257. The van der Waals surface area contributed by atoms with E-state index in [2.05, 4.69) is 11.5 Å². The molecule has 0 aliphatic rings. The van der Waals surface area contributed by atoms with Gasteiger partial charge in [0.15, 0.2) is 0 Å². The third-order valence-electron chi connectivity index (χ3n) is 0. The Morgan fingerprint density at radius 1 is 0.929 bits per heavy atom. The smallest absolute Gasteiger partial charge is 0.511 e. The number of hydrogen-bond donors (Lipinski definition) is 6. The van der Waals surface area contributed by atoms with Gasteiger partial charge in [0.2, 0.25) is 0 Å². The molecule has 0 heterocycles. The van der Waals surface area contributed by atoms with Crippen molar-refractivity contribution < 1.29 is 37.7 Å². The van der Waals surface area contributed by atoms with E-state index in [1.807, 2.05) is 6.79 Å². The molecule has 0 aliphatic carbocycles. The first-order valence-corrected chi connectivity index (χ1v) is 4.98. The predicted molar refractivity (Wildman–Crippen MR) is 42.6 cm³/mol. The molecule has 8 N–H and O–H groups in total. The molecule has 0 aliphatic heterocycles. The largest absolute Gasteiger partial charge is 0.761 e. The van der Waals surface area contributed by atoms with E-state index >= 15 is 0 Å². The van der Waals surface area contributed by atoms with E-state index in [9.17, 15) is 0 Å². The molecular formula is C2H10N2O8Si2. The number of hydrogen-bond acceptors (Lipinski definition) is 4. The standard InChI is InChI=1S/CH4N2O.CH2O.2H2O3Si/c2-1(3)4;1-2;2*1-4(2)3/h(H4,2,3,4);1H2;2*1-2H. The monoisotopic (exact) mass is 246 g/mol. The number of primary amides is 2. The Bertz CT molecular complexity index is 132. The van der Waals surface area contributed by atoms with E-state index in [4.69, 9.17) is 37.7 Å². The van der Waals surface area contributed by atoms with Crippen LogP contribution in [0.2, 0.25) is 0 Å². The van der Waals surface area contributed by atoms with E-state index in [0.717, 1.165) is 0 Å². The average molecular weight is 246 g/mol. The fourth-order valence-electron chi connectivity index (χ4n) is 0. The van der Waals surface area contributed by atoms with Crippen molar-refractivity contribution in [2.45, 2.75) is 0 Å². The van der Waals surface area contributed by atoms with Gasteiger partial charge in [0, 0.05) is 0 Å².